The fourth-order valence-electron chi connectivity index (χ4n) is 3.69. The molecular formula is C21H21N5O5. The Balaban J connectivity index is 1.25. The summed E-state index contributed by atoms with van der Waals surface area (Å²) in [6.45, 7) is 0.875. The SMILES string of the molecule is O=C(Nc1ccon1)c1ncccc1OCC1CCCN1C(=O)c1cc(C2CC2)on1. The van der Waals surface area contributed by atoms with Crippen LogP contribution >= 0.6 is 0 Å². The lowest BCUT2D eigenvalue weighted by Crippen LogP contribution is -2.39. The number of rotatable bonds is 7. The summed E-state index contributed by atoms with van der Waals surface area (Å²) in [7, 11) is 0. The summed E-state index contributed by atoms with van der Waals surface area (Å²) in [5, 5.41) is 10.2. The van der Waals surface area contributed by atoms with Gasteiger partial charge in [0.1, 0.15) is 18.6 Å². The minimum Gasteiger partial charge on any atom is -0.489 e. The van der Waals surface area contributed by atoms with Crippen LogP contribution in [0, 0.1) is 0 Å². The summed E-state index contributed by atoms with van der Waals surface area (Å²) in [5.74, 6) is 1.19. The number of carbonyl (C=O) groups is 2. The van der Waals surface area contributed by atoms with Crippen molar-refractivity contribution >= 4 is 17.6 Å². The number of amides is 2. The van der Waals surface area contributed by atoms with Crippen molar-refractivity contribution in [2.45, 2.75) is 37.6 Å². The van der Waals surface area contributed by atoms with Gasteiger partial charge < -0.3 is 24.0 Å². The molecule has 31 heavy (non-hydrogen) atoms. The number of hydrogen-bond acceptors (Lipinski definition) is 8. The molecule has 10 nitrogen and oxygen atoms in total. The zero-order valence-corrected chi connectivity index (χ0v) is 16.7. The highest BCUT2D eigenvalue weighted by Gasteiger charge is 2.34. The molecule has 0 aromatic carbocycles. The van der Waals surface area contributed by atoms with E-state index >= 15 is 0 Å². The lowest BCUT2D eigenvalue weighted by Gasteiger charge is -2.24. The summed E-state index contributed by atoms with van der Waals surface area (Å²) >= 11 is 0. The van der Waals surface area contributed by atoms with Crippen LogP contribution in [0.1, 0.15) is 58.3 Å². The number of pyridine rings is 1. The highest BCUT2D eigenvalue weighted by molar-refractivity contribution is 6.04. The van der Waals surface area contributed by atoms with Gasteiger partial charge in [-0.15, -0.1) is 0 Å². The molecule has 5 rings (SSSR count). The highest BCUT2D eigenvalue weighted by Crippen LogP contribution is 2.40. The molecule has 1 aliphatic carbocycles. The predicted molar refractivity (Wildman–Crippen MR) is 107 cm³/mol. The maximum Gasteiger partial charge on any atom is 0.279 e. The lowest BCUT2D eigenvalue weighted by atomic mass is 10.2. The third kappa shape index (κ3) is 4.14. The minimum absolute atomic E-state index is 0.125. The fourth-order valence-corrected chi connectivity index (χ4v) is 3.69. The van der Waals surface area contributed by atoms with Gasteiger partial charge in [-0.05, 0) is 37.8 Å². The van der Waals surface area contributed by atoms with E-state index in [0.717, 1.165) is 31.4 Å². The second-order valence-corrected chi connectivity index (χ2v) is 7.68. The Labute approximate surface area is 177 Å². The number of anilines is 1. The van der Waals surface area contributed by atoms with Crippen molar-refractivity contribution in [3.8, 4) is 5.75 Å². The van der Waals surface area contributed by atoms with E-state index in [4.69, 9.17) is 13.8 Å². The molecule has 3 aromatic heterocycles. The van der Waals surface area contributed by atoms with Gasteiger partial charge in [0.25, 0.3) is 11.8 Å². The molecule has 10 heteroatoms. The Bertz CT molecular complexity index is 1080. The van der Waals surface area contributed by atoms with Crippen molar-refractivity contribution in [1.29, 1.82) is 0 Å². The molecule has 4 heterocycles. The molecule has 160 valence electrons. The molecule has 1 saturated heterocycles. The minimum atomic E-state index is -0.459. The summed E-state index contributed by atoms with van der Waals surface area (Å²) in [6, 6.07) is 6.52. The predicted octanol–water partition coefficient (Wildman–Crippen LogP) is 2.87. The molecule has 2 amide bonds. The number of hydrogen-bond donors (Lipinski definition) is 1. The van der Waals surface area contributed by atoms with Crippen molar-refractivity contribution in [2.75, 3.05) is 18.5 Å². The zero-order chi connectivity index (χ0) is 21.2. The van der Waals surface area contributed by atoms with E-state index in [1.54, 1.807) is 23.1 Å². The number of nitrogens with zero attached hydrogens (tertiary/aromatic N) is 4. The molecule has 1 N–H and O–H groups in total. The Morgan fingerprint density at radius 2 is 2.13 bits per heavy atom. The Morgan fingerprint density at radius 3 is 2.94 bits per heavy atom. The van der Waals surface area contributed by atoms with E-state index < -0.39 is 5.91 Å². The summed E-state index contributed by atoms with van der Waals surface area (Å²) in [4.78, 5) is 31.4. The van der Waals surface area contributed by atoms with Crippen LogP contribution in [0.5, 0.6) is 5.75 Å². The Morgan fingerprint density at radius 1 is 1.23 bits per heavy atom. The van der Waals surface area contributed by atoms with Crippen LogP contribution in [0.3, 0.4) is 0 Å². The van der Waals surface area contributed by atoms with Gasteiger partial charge in [-0.2, -0.15) is 0 Å². The van der Waals surface area contributed by atoms with Crippen LogP contribution in [0.2, 0.25) is 0 Å². The number of likely N-dealkylation sites (tertiary alicyclic amines) is 1. The van der Waals surface area contributed by atoms with Crippen LogP contribution in [0.4, 0.5) is 5.82 Å². The van der Waals surface area contributed by atoms with E-state index in [9.17, 15) is 9.59 Å². The van der Waals surface area contributed by atoms with Crippen molar-refractivity contribution in [3.05, 3.63) is 53.9 Å². The second kappa shape index (κ2) is 8.21. The van der Waals surface area contributed by atoms with E-state index in [1.807, 2.05) is 0 Å². The number of aromatic nitrogens is 3. The molecule has 0 radical (unpaired) electrons. The maximum absolute atomic E-state index is 12.9. The van der Waals surface area contributed by atoms with Gasteiger partial charge in [0.15, 0.2) is 23.0 Å². The van der Waals surface area contributed by atoms with Gasteiger partial charge in [0, 0.05) is 30.8 Å². The first-order valence-corrected chi connectivity index (χ1v) is 10.3. The Hall–Kier alpha value is -3.69. The van der Waals surface area contributed by atoms with Crippen LogP contribution < -0.4 is 10.1 Å². The first-order valence-electron chi connectivity index (χ1n) is 10.3. The number of nitrogens with one attached hydrogen (secondary N) is 1. The van der Waals surface area contributed by atoms with E-state index in [1.165, 1.54) is 18.5 Å². The Kier molecular flexibility index (Phi) is 5.11. The van der Waals surface area contributed by atoms with Gasteiger partial charge in [0.2, 0.25) is 0 Å². The van der Waals surface area contributed by atoms with Gasteiger partial charge >= 0.3 is 0 Å². The first-order chi connectivity index (χ1) is 15.2. The molecule has 1 aliphatic heterocycles. The highest BCUT2D eigenvalue weighted by atomic mass is 16.5. The van der Waals surface area contributed by atoms with Gasteiger partial charge in [-0.25, -0.2) is 4.98 Å². The van der Waals surface area contributed by atoms with Crippen molar-refractivity contribution in [3.63, 3.8) is 0 Å². The van der Waals surface area contributed by atoms with Crippen LogP contribution in [0.15, 0.2) is 45.8 Å². The van der Waals surface area contributed by atoms with Crippen molar-refractivity contribution in [2.24, 2.45) is 0 Å². The zero-order valence-electron chi connectivity index (χ0n) is 16.7. The van der Waals surface area contributed by atoms with Crippen molar-refractivity contribution < 1.29 is 23.4 Å². The van der Waals surface area contributed by atoms with Crippen LogP contribution in [-0.2, 0) is 0 Å². The van der Waals surface area contributed by atoms with E-state index in [0.29, 0.717) is 23.9 Å². The molecule has 1 unspecified atom stereocenters. The summed E-state index contributed by atoms with van der Waals surface area (Å²) in [6.07, 6.45) is 6.72. The summed E-state index contributed by atoms with van der Waals surface area (Å²) < 4.78 is 16.0. The standard InChI is InChI=1S/C21H21N5O5/c27-20(23-18-7-10-30-25-18)19-16(4-1-8-22-19)29-12-14-3-2-9-26(14)21(28)15-11-17(31-24-15)13-5-6-13/h1,4,7-8,10-11,13-14H,2-3,5-6,9,12H2,(H,23,25,27). The lowest BCUT2D eigenvalue weighted by molar-refractivity contribution is 0.0679. The third-order valence-corrected chi connectivity index (χ3v) is 5.46. The molecule has 2 fully saturated rings. The maximum atomic E-state index is 12.9. The molecule has 0 spiro atoms. The summed E-state index contributed by atoms with van der Waals surface area (Å²) in [5.41, 5.74) is 0.467. The van der Waals surface area contributed by atoms with Gasteiger partial charge in [-0.1, -0.05) is 10.3 Å². The average molecular weight is 423 g/mol. The third-order valence-electron chi connectivity index (χ3n) is 5.46. The molecule has 0 bridgehead atoms. The van der Waals surface area contributed by atoms with Gasteiger partial charge in [0.05, 0.1) is 6.04 Å². The number of ether oxygens (including phenoxy) is 1. The van der Waals surface area contributed by atoms with Crippen LogP contribution in [0.25, 0.3) is 0 Å². The quantitative estimate of drug-likeness (QED) is 0.615. The average Bonchev–Trinajstić information content (AvgIpc) is 3.18. The molecular weight excluding hydrogens is 402 g/mol. The van der Waals surface area contributed by atoms with E-state index in [-0.39, 0.29) is 30.1 Å². The topological polar surface area (TPSA) is 124 Å². The van der Waals surface area contributed by atoms with Gasteiger partial charge in [-0.3, -0.25) is 9.59 Å². The monoisotopic (exact) mass is 423 g/mol. The van der Waals surface area contributed by atoms with E-state index in [2.05, 4.69) is 20.6 Å². The molecule has 3 aromatic rings. The molecule has 1 saturated carbocycles. The van der Waals surface area contributed by atoms with Crippen molar-refractivity contribution in [1.82, 2.24) is 20.2 Å². The first kappa shape index (κ1) is 19.3. The second-order valence-electron chi connectivity index (χ2n) is 7.68. The largest absolute Gasteiger partial charge is 0.489 e. The van der Waals surface area contributed by atoms with Crippen LogP contribution in [-0.4, -0.2) is 51.2 Å². The normalized spacial score (nSPS) is 18.2. The smallest absolute Gasteiger partial charge is 0.279 e. The molecule has 1 atom stereocenters. The fraction of sp³-hybridized carbons (Fsp3) is 0.381. The number of carbonyl (C=O) groups excluding carboxylic acids is 2. The molecule has 2 aliphatic rings.